The van der Waals surface area contributed by atoms with E-state index in [0.29, 0.717) is 17.1 Å². The summed E-state index contributed by atoms with van der Waals surface area (Å²) in [6.07, 6.45) is 1.48. The molecular formula is C13H6ClFN4O. The van der Waals surface area contributed by atoms with Crippen LogP contribution >= 0.6 is 11.6 Å². The summed E-state index contributed by atoms with van der Waals surface area (Å²) in [5.41, 5.74) is 0.984. The van der Waals surface area contributed by atoms with Gasteiger partial charge in [-0.1, -0.05) is 16.8 Å². The largest absolute Gasteiger partial charge is 0.463 e. The smallest absolute Gasteiger partial charge is 0.194 e. The van der Waals surface area contributed by atoms with E-state index in [4.69, 9.17) is 21.3 Å². The molecule has 0 saturated heterocycles. The molecular weight excluding hydrogens is 283 g/mol. The number of aromatic nitrogens is 3. The number of nitrogens with zero attached hydrogens (tertiary/aromatic N) is 4. The van der Waals surface area contributed by atoms with Crippen molar-refractivity contribution in [2.75, 3.05) is 0 Å². The topological polar surface area (TPSA) is 67.6 Å². The van der Waals surface area contributed by atoms with Gasteiger partial charge in [-0.3, -0.25) is 0 Å². The predicted molar refractivity (Wildman–Crippen MR) is 68.7 cm³/mol. The van der Waals surface area contributed by atoms with Gasteiger partial charge in [0.05, 0.1) is 17.0 Å². The first-order valence-electron chi connectivity index (χ1n) is 5.56. The molecule has 0 aliphatic carbocycles. The van der Waals surface area contributed by atoms with Crippen molar-refractivity contribution in [3.05, 3.63) is 53.1 Å². The van der Waals surface area contributed by atoms with Gasteiger partial charge in [-0.15, -0.1) is 5.10 Å². The zero-order valence-corrected chi connectivity index (χ0v) is 10.7. The highest BCUT2D eigenvalue weighted by molar-refractivity contribution is 6.30. The summed E-state index contributed by atoms with van der Waals surface area (Å²) < 4.78 is 19.9. The SMILES string of the molecule is N#Cc1nnn(-c2ccc(F)c(Cl)c2)c1-c1ccco1. The van der Waals surface area contributed by atoms with Crippen molar-refractivity contribution < 1.29 is 8.81 Å². The van der Waals surface area contributed by atoms with Gasteiger partial charge >= 0.3 is 0 Å². The van der Waals surface area contributed by atoms with Crippen molar-refractivity contribution in [1.29, 1.82) is 5.26 Å². The summed E-state index contributed by atoms with van der Waals surface area (Å²) in [5, 5.41) is 16.7. The normalized spacial score (nSPS) is 10.4. The minimum atomic E-state index is -0.532. The van der Waals surface area contributed by atoms with Crippen LogP contribution < -0.4 is 0 Å². The fourth-order valence-electron chi connectivity index (χ4n) is 1.79. The van der Waals surface area contributed by atoms with Gasteiger partial charge in [0.25, 0.3) is 0 Å². The van der Waals surface area contributed by atoms with Gasteiger partial charge in [-0.05, 0) is 30.3 Å². The Morgan fingerprint density at radius 2 is 2.20 bits per heavy atom. The van der Waals surface area contributed by atoms with Crippen LogP contribution in [0.1, 0.15) is 5.69 Å². The molecule has 0 N–H and O–H groups in total. The summed E-state index contributed by atoms with van der Waals surface area (Å²) in [4.78, 5) is 0. The van der Waals surface area contributed by atoms with Crippen molar-refractivity contribution in [3.8, 4) is 23.2 Å². The molecule has 0 aliphatic heterocycles. The van der Waals surface area contributed by atoms with Crippen molar-refractivity contribution in [3.63, 3.8) is 0 Å². The average molecular weight is 289 g/mol. The van der Waals surface area contributed by atoms with Gasteiger partial charge in [0, 0.05) is 0 Å². The van der Waals surface area contributed by atoms with Gasteiger partial charge in [-0.25, -0.2) is 9.07 Å². The second-order valence-corrected chi connectivity index (χ2v) is 4.29. The van der Waals surface area contributed by atoms with Crippen LogP contribution in [0.2, 0.25) is 5.02 Å². The number of halogens is 2. The fourth-order valence-corrected chi connectivity index (χ4v) is 1.96. The van der Waals surface area contributed by atoms with Gasteiger partial charge in [0.2, 0.25) is 0 Å². The Labute approximate surface area is 117 Å². The van der Waals surface area contributed by atoms with Gasteiger partial charge in [-0.2, -0.15) is 5.26 Å². The van der Waals surface area contributed by atoms with Gasteiger partial charge in [0.15, 0.2) is 11.5 Å². The van der Waals surface area contributed by atoms with Crippen LogP contribution in [-0.2, 0) is 0 Å². The number of furan rings is 1. The summed E-state index contributed by atoms with van der Waals surface area (Å²) in [6, 6.07) is 9.42. The molecule has 0 fully saturated rings. The Morgan fingerprint density at radius 3 is 2.85 bits per heavy atom. The average Bonchev–Trinajstić information content (AvgIpc) is 3.09. The lowest BCUT2D eigenvalue weighted by molar-refractivity contribution is 0.576. The lowest BCUT2D eigenvalue weighted by Crippen LogP contribution is -1.99. The molecule has 0 atom stereocenters. The maximum absolute atomic E-state index is 13.2. The fraction of sp³-hybridized carbons (Fsp3) is 0. The van der Waals surface area contributed by atoms with Crippen molar-refractivity contribution >= 4 is 11.6 Å². The molecule has 0 unspecified atom stereocenters. The molecule has 3 rings (SSSR count). The molecule has 0 aliphatic rings. The standard InChI is InChI=1S/C13H6ClFN4O/c14-9-6-8(3-4-10(9)15)19-13(11(7-16)17-18-19)12-2-1-5-20-12/h1-6H. The van der Waals surface area contributed by atoms with Gasteiger partial charge < -0.3 is 4.42 Å². The highest BCUT2D eigenvalue weighted by atomic mass is 35.5. The van der Waals surface area contributed by atoms with E-state index in [1.807, 2.05) is 6.07 Å². The van der Waals surface area contributed by atoms with E-state index >= 15 is 0 Å². The molecule has 0 spiro atoms. The Hall–Kier alpha value is -2.65. The van der Waals surface area contributed by atoms with E-state index < -0.39 is 5.82 Å². The Balaban J connectivity index is 2.22. The molecule has 5 nitrogen and oxygen atoms in total. The molecule has 2 aromatic heterocycles. The minimum absolute atomic E-state index is 0.0399. The molecule has 1 aromatic carbocycles. The quantitative estimate of drug-likeness (QED) is 0.726. The minimum Gasteiger partial charge on any atom is -0.463 e. The molecule has 20 heavy (non-hydrogen) atoms. The van der Waals surface area contributed by atoms with Crippen LogP contribution in [-0.4, -0.2) is 15.0 Å². The lowest BCUT2D eigenvalue weighted by Gasteiger charge is -2.05. The van der Waals surface area contributed by atoms with E-state index in [1.165, 1.54) is 29.1 Å². The van der Waals surface area contributed by atoms with Crippen molar-refractivity contribution in [2.24, 2.45) is 0 Å². The molecule has 0 amide bonds. The first-order chi connectivity index (χ1) is 9.70. The number of hydrogen-bond donors (Lipinski definition) is 0. The lowest BCUT2D eigenvalue weighted by atomic mass is 10.2. The van der Waals surface area contributed by atoms with Crippen LogP contribution in [0.3, 0.4) is 0 Å². The van der Waals surface area contributed by atoms with E-state index in [1.54, 1.807) is 12.1 Å². The van der Waals surface area contributed by atoms with E-state index in [2.05, 4.69) is 10.3 Å². The first-order valence-corrected chi connectivity index (χ1v) is 5.93. The van der Waals surface area contributed by atoms with Crippen molar-refractivity contribution in [1.82, 2.24) is 15.0 Å². The second-order valence-electron chi connectivity index (χ2n) is 3.89. The third-order valence-corrected chi connectivity index (χ3v) is 2.97. The Kier molecular flexibility index (Phi) is 2.97. The highest BCUT2D eigenvalue weighted by Gasteiger charge is 2.18. The molecule has 0 bridgehead atoms. The van der Waals surface area contributed by atoms with Crippen LogP contribution in [0.5, 0.6) is 0 Å². The van der Waals surface area contributed by atoms with Crippen LogP contribution in [0.15, 0.2) is 41.0 Å². The molecule has 2 heterocycles. The highest BCUT2D eigenvalue weighted by Crippen LogP contribution is 2.27. The molecule has 98 valence electrons. The molecule has 7 heteroatoms. The summed E-state index contributed by atoms with van der Waals surface area (Å²) in [7, 11) is 0. The summed E-state index contributed by atoms with van der Waals surface area (Å²) in [6.45, 7) is 0. The van der Waals surface area contributed by atoms with E-state index in [-0.39, 0.29) is 10.7 Å². The van der Waals surface area contributed by atoms with Crippen LogP contribution in [0.25, 0.3) is 17.1 Å². The Morgan fingerprint density at radius 1 is 1.35 bits per heavy atom. The zero-order valence-electron chi connectivity index (χ0n) is 9.92. The van der Waals surface area contributed by atoms with Crippen LogP contribution in [0, 0.1) is 17.1 Å². The summed E-state index contributed by atoms with van der Waals surface area (Å²) >= 11 is 5.76. The zero-order chi connectivity index (χ0) is 14.1. The Bertz CT molecular complexity index is 804. The molecule has 3 aromatic rings. The third-order valence-electron chi connectivity index (χ3n) is 2.68. The molecule has 0 saturated carbocycles. The van der Waals surface area contributed by atoms with E-state index in [9.17, 15) is 4.39 Å². The first kappa shape index (κ1) is 12.4. The number of rotatable bonds is 2. The monoisotopic (exact) mass is 288 g/mol. The number of hydrogen-bond acceptors (Lipinski definition) is 4. The predicted octanol–water partition coefficient (Wildman–Crippen LogP) is 3.19. The maximum atomic E-state index is 13.2. The van der Waals surface area contributed by atoms with Crippen LogP contribution in [0.4, 0.5) is 4.39 Å². The number of benzene rings is 1. The van der Waals surface area contributed by atoms with E-state index in [0.717, 1.165) is 0 Å². The van der Waals surface area contributed by atoms with Crippen molar-refractivity contribution in [2.45, 2.75) is 0 Å². The second kappa shape index (κ2) is 4.79. The summed E-state index contributed by atoms with van der Waals surface area (Å²) in [5.74, 6) is -0.0948. The molecule has 0 radical (unpaired) electrons. The third kappa shape index (κ3) is 1.94. The maximum Gasteiger partial charge on any atom is 0.194 e. The van der Waals surface area contributed by atoms with Gasteiger partial charge in [0.1, 0.15) is 17.6 Å². The number of nitriles is 1.